The first-order valence-corrected chi connectivity index (χ1v) is 19.6. The van der Waals surface area contributed by atoms with Crippen molar-refractivity contribution >= 4 is 59.5 Å². The molecule has 164 valence electrons. The molecule has 2 atom stereocenters. The van der Waals surface area contributed by atoms with Crippen LogP contribution in [0.2, 0.25) is 13.1 Å². The number of hydrogen-bond donors (Lipinski definition) is 0. The summed E-state index contributed by atoms with van der Waals surface area (Å²) < 4.78 is 2.63. The fraction of sp³-hybridized carbons (Fsp3) is 0.333. The summed E-state index contributed by atoms with van der Waals surface area (Å²) in [6.45, 7) is 17.2. The van der Waals surface area contributed by atoms with Crippen LogP contribution in [0.5, 0.6) is 0 Å². The van der Waals surface area contributed by atoms with Crippen molar-refractivity contribution in [2.75, 3.05) is 0 Å². The average Bonchev–Trinajstić information content (AvgIpc) is 3.13. The molecule has 0 saturated heterocycles. The van der Waals surface area contributed by atoms with E-state index in [2.05, 4.69) is 102 Å². The van der Waals surface area contributed by atoms with Crippen LogP contribution in [0.1, 0.15) is 49.4 Å². The number of benzene rings is 2. The fourth-order valence-corrected chi connectivity index (χ4v) is 25.9. The Morgan fingerprint density at radius 3 is 2.00 bits per heavy atom. The zero-order valence-electron chi connectivity index (χ0n) is 19.7. The van der Waals surface area contributed by atoms with Gasteiger partial charge in [-0.05, 0) is 0 Å². The molecule has 0 aliphatic heterocycles. The minimum Gasteiger partial charge on any atom is -0.107 e. The number of halogens is 2. The van der Waals surface area contributed by atoms with Gasteiger partial charge in [-0.3, -0.25) is 0 Å². The molecule has 2 aliphatic carbocycles. The molecule has 0 bridgehead atoms. The van der Waals surface area contributed by atoms with Crippen LogP contribution < -0.4 is 0 Å². The van der Waals surface area contributed by atoms with Crippen LogP contribution in [0.4, 0.5) is 0 Å². The van der Waals surface area contributed by atoms with Crippen molar-refractivity contribution in [1.82, 2.24) is 0 Å². The summed E-state index contributed by atoms with van der Waals surface area (Å²) in [5.41, 5.74) is 12.0. The molecule has 2 aromatic carbocycles. The summed E-state index contributed by atoms with van der Waals surface area (Å²) in [5.74, 6) is 0.665. The normalized spacial score (nSPS) is 19.5. The molecule has 0 nitrogen and oxygen atoms in total. The first-order valence-electron chi connectivity index (χ1n) is 10.8. The Labute approximate surface area is 230 Å². The van der Waals surface area contributed by atoms with Gasteiger partial charge in [-0.1, -0.05) is 0 Å². The molecule has 0 saturated carbocycles. The second kappa shape index (κ2) is 11.1. The van der Waals surface area contributed by atoms with E-state index in [0.29, 0.717) is 9.54 Å². The van der Waals surface area contributed by atoms with Gasteiger partial charge in [0.1, 0.15) is 0 Å². The second-order valence-corrected chi connectivity index (χ2v) is 26.3. The molecule has 2 unspecified atom stereocenters. The zero-order chi connectivity index (χ0) is 20.9. The molecule has 31 heavy (non-hydrogen) atoms. The Bertz CT molecular complexity index is 1120. The molecule has 0 radical (unpaired) electrons. The Hall–Kier alpha value is 0.220. The maximum Gasteiger partial charge on any atom is -0.107 e. The van der Waals surface area contributed by atoms with Crippen LogP contribution in [0.15, 0.2) is 74.1 Å². The van der Waals surface area contributed by atoms with Gasteiger partial charge in [-0.25, -0.2) is 0 Å². The van der Waals surface area contributed by atoms with Crippen LogP contribution in [-0.4, -0.2) is 5.43 Å². The van der Waals surface area contributed by atoms with Crippen molar-refractivity contribution in [2.45, 2.75) is 51.3 Å². The molecule has 0 spiro atoms. The van der Waals surface area contributed by atoms with Gasteiger partial charge in [0.2, 0.25) is 0 Å². The van der Waals surface area contributed by atoms with Gasteiger partial charge in [0.15, 0.2) is 0 Å². The van der Waals surface area contributed by atoms with E-state index in [4.69, 9.17) is 0 Å². The van der Waals surface area contributed by atoms with E-state index in [9.17, 15) is 0 Å². The van der Waals surface area contributed by atoms with Crippen molar-refractivity contribution in [3.05, 3.63) is 85.2 Å². The third kappa shape index (κ3) is 4.88. The standard InChI is InChI=1S/C16H13.C9H13.C2H6Si.2HI.Zr/c1-12-10-14-8-5-9-15(16(14)11-12)13-6-3-2-4-7-13;1-6-5-7(2)9(4)8(6)3;1-3-2;;;/h2-11H,1H3;6H,1-4H3;1-2H3;2*1H;. The van der Waals surface area contributed by atoms with Gasteiger partial charge in [0, 0.05) is 0 Å². The van der Waals surface area contributed by atoms with Gasteiger partial charge in [0.25, 0.3) is 0 Å². The van der Waals surface area contributed by atoms with E-state index in [0.717, 1.165) is 0 Å². The number of hydrogen-bond acceptors (Lipinski definition) is 0. The SMILES string of the molecule is CC1=Cc2c(-c3ccccc3)cccc2[CH]1[Zr]([C]1=C(C)C(C)=C(C)C1C)=[Si](C)C.I.I. The van der Waals surface area contributed by atoms with Crippen molar-refractivity contribution in [1.29, 1.82) is 0 Å². The van der Waals surface area contributed by atoms with E-state index in [-0.39, 0.29) is 53.4 Å². The summed E-state index contributed by atoms with van der Waals surface area (Å²) in [6.07, 6.45) is 2.52. The summed E-state index contributed by atoms with van der Waals surface area (Å²) in [5, 5.41) is 0. The first kappa shape index (κ1) is 27.5. The van der Waals surface area contributed by atoms with Crippen LogP contribution in [-0.2, 0) is 20.4 Å². The third-order valence-corrected chi connectivity index (χ3v) is 26.2. The third-order valence-electron chi connectivity index (χ3n) is 7.12. The van der Waals surface area contributed by atoms with Crippen molar-refractivity contribution in [3.63, 3.8) is 0 Å². The van der Waals surface area contributed by atoms with Crippen molar-refractivity contribution in [2.24, 2.45) is 5.92 Å². The maximum atomic E-state index is 2.60. The minimum absolute atomic E-state index is 0. The van der Waals surface area contributed by atoms with Gasteiger partial charge in [-0.15, -0.1) is 48.0 Å². The van der Waals surface area contributed by atoms with Crippen LogP contribution in [0.3, 0.4) is 0 Å². The zero-order valence-corrected chi connectivity index (χ0v) is 27.8. The number of allylic oxidation sites excluding steroid dienone is 5. The summed E-state index contributed by atoms with van der Waals surface area (Å²) in [6, 6.07) is 18.0. The maximum absolute atomic E-state index is 2.60. The Balaban J connectivity index is 0.00000171. The van der Waals surface area contributed by atoms with E-state index < -0.39 is 20.4 Å². The van der Waals surface area contributed by atoms with Crippen LogP contribution in [0, 0.1) is 5.92 Å². The number of rotatable bonds is 3. The summed E-state index contributed by atoms with van der Waals surface area (Å²) >= 11 is -1.89. The quantitative estimate of drug-likeness (QED) is 0.218. The van der Waals surface area contributed by atoms with Gasteiger partial charge >= 0.3 is 185 Å². The second-order valence-electron chi connectivity index (χ2n) is 8.98. The van der Waals surface area contributed by atoms with Gasteiger partial charge in [0.05, 0.1) is 0 Å². The van der Waals surface area contributed by atoms with Crippen molar-refractivity contribution < 1.29 is 20.4 Å². The van der Waals surface area contributed by atoms with Gasteiger partial charge < -0.3 is 0 Å². The van der Waals surface area contributed by atoms with E-state index in [1.165, 1.54) is 16.7 Å². The Morgan fingerprint density at radius 2 is 1.45 bits per heavy atom. The topological polar surface area (TPSA) is 0 Å². The molecule has 0 fully saturated rings. The minimum atomic E-state index is -1.89. The first-order chi connectivity index (χ1) is 13.8. The molecular weight excluding hydrogens is 697 g/mol. The molecular formula is C27H34I2SiZr. The van der Waals surface area contributed by atoms with E-state index in [1.807, 2.05) is 3.28 Å². The predicted octanol–water partition coefficient (Wildman–Crippen LogP) is 9.18. The molecule has 0 heterocycles. The number of fused-ring (bicyclic) bond motifs is 1. The summed E-state index contributed by atoms with van der Waals surface area (Å²) in [4.78, 5) is 0. The Morgan fingerprint density at radius 1 is 0.806 bits per heavy atom. The molecule has 0 N–H and O–H groups in total. The van der Waals surface area contributed by atoms with Crippen LogP contribution >= 0.6 is 48.0 Å². The molecule has 4 rings (SSSR count). The summed E-state index contributed by atoms with van der Waals surface area (Å²) in [7, 11) is 0. The van der Waals surface area contributed by atoms with Gasteiger partial charge in [-0.2, -0.15) is 0 Å². The molecule has 0 aromatic heterocycles. The smallest absolute Gasteiger partial charge is 0.107 e. The van der Waals surface area contributed by atoms with Crippen molar-refractivity contribution in [3.8, 4) is 11.1 Å². The largest absolute Gasteiger partial charge is 0.107 e. The molecule has 2 aromatic rings. The molecule has 0 amide bonds. The monoisotopic (exact) mass is 730 g/mol. The Kier molecular flexibility index (Phi) is 9.83. The molecule has 2 aliphatic rings. The fourth-order valence-electron chi connectivity index (χ4n) is 5.32. The average molecular weight is 732 g/mol. The van der Waals surface area contributed by atoms with E-state index in [1.54, 1.807) is 27.9 Å². The molecule has 4 heteroatoms. The van der Waals surface area contributed by atoms with E-state index >= 15 is 0 Å². The predicted molar refractivity (Wildman–Crippen MR) is 157 cm³/mol. The van der Waals surface area contributed by atoms with Crippen LogP contribution in [0.25, 0.3) is 17.2 Å².